The minimum Gasteiger partial charge on any atom is -0.396 e. The van der Waals surface area contributed by atoms with E-state index in [9.17, 15) is 5.11 Å². The summed E-state index contributed by atoms with van der Waals surface area (Å²) in [7, 11) is 4.37. The van der Waals surface area contributed by atoms with Crippen molar-refractivity contribution in [3.63, 3.8) is 0 Å². The van der Waals surface area contributed by atoms with E-state index in [1.165, 1.54) is 25.9 Å². The molecule has 2 heterocycles. The van der Waals surface area contributed by atoms with Crippen LogP contribution in [0.3, 0.4) is 0 Å². The summed E-state index contributed by atoms with van der Waals surface area (Å²) in [6, 6.07) is 0. The number of ether oxygens (including phenoxy) is 1. The SMILES string of the molecule is CN1CCC(CCN(C)CC2(CO)COC2)C1. The van der Waals surface area contributed by atoms with Crippen LogP contribution in [0.5, 0.6) is 0 Å². The molecule has 2 aliphatic rings. The van der Waals surface area contributed by atoms with Gasteiger partial charge in [0.05, 0.1) is 25.2 Å². The van der Waals surface area contributed by atoms with E-state index < -0.39 is 0 Å². The molecule has 100 valence electrons. The molecule has 2 aliphatic heterocycles. The predicted molar refractivity (Wildman–Crippen MR) is 68.1 cm³/mol. The summed E-state index contributed by atoms with van der Waals surface area (Å²) in [5.74, 6) is 0.866. The summed E-state index contributed by atoms with van der Waals surface area (Å²) in [5, 5.41) is 9.39. The van der Waals surface area contributed by atoms with E-state index in [0.717, 1.165) is 32.2 Å². The Morgan fingerprint density at radius 3 is 2.71 bits per heavy atom. The standard InChI is InChI=1S/C13H26N2O2/c1-14-5-3-12(7-14)4-6-15(2)8-13(9-16)10-17-11-13/h12,16H,3-11H2,1-2H3. The van der Waals surface area contributed by atoms with Crippen LogP contribution in [0.4, 0.5) is 0 Å². The molecule has 0 aromatic carbocycles. The first-order valence-electron chi connectivity index (χ1n) is 6.69. The number of hydrogen-bond donors (Lipinski definition) is 1. The van der Waals surface area contributed by atoms with Gasteiger partial charge in [-0.2, -0.15) is 0 Å². The van der Waals surface area contributed by atoms with Crippen molar-refractivity contribution in [1.82, 2.24) is 9.80 Å². The van der Waals surface area contributed by atoms with Crippen LogP contribution in [-0.2, 0) is 4.74 Å². The van der Waals surface area contributed by atoms with Crippen LogP contribution in [0.25, 0.3) is 0 Å². The topological polar surface area (TPSA) is 35.9 Å². The molecule has 1 N–H and O–H groups in total. The fourth-order valence-corrected chi connectivity index (χ4v) is 2.94. The molecule has 0 saturated carbocycles. The summed E-state index contributed by atoms with van der Waals surface area (Å²) < 4.78 is 5.23. The molecule has 1 atom stereocenters. The fraction of sp³-hybridized carbons (Fsp3) is 1.00. The molecule has 0 bridgehead atoms. The van der Waals surface area contributed by atoms with Gasteiger partial charge in [-0.1, -0.05) is 0 Å². The van der Waals surface area contributed by atoms with Gasteiger partial charge in [0.1, 0.15) is 0 Å². The van der Waals surface area contributed by atoms with Gasteiger partial charge >= 0.3 is 0 Å². The molecule has 0 radical (unpaired) electrons. The van der Waals surface area contributed by atoms with Crippen LogP contribution < -0.4 is 0 Å². The monoisotopic (exact) mass is 242 g/mol. The maximum Gasteiger partial charge on any atom is 0.0579 e. The summed E-state index contributed by atoms with van der Waals surface area (Å²) in [5.41, 5.74) is 0.0290. The zero-order valence-corrected chi connectivity index (χ0v) is 11.2. The van der Waals surface area contributed by atoms with E-state index in [0.29, 0.717) is 0 Å². The molecule has 0 amide bonds. The van der Waals surface area contributed by atoms with Gasteiger partial charge < -0.3 is 19.6 Å². The maximum absolute atomic E-state index is 9.39. The number of nitrogens with zero attached hydrogens (tertiary/aromatic N) is 2. The second-order valence-corrected chi connectivity index (χ2v) is 6.09. The highest BCUT2D eigenvalue weighted by Crippen LogP contribution is 2.28. The van der Waals surface area contributed by atoms with Crippen LogP contribution >= 0.6 is 0 Å². The third-order valence-electron chi connectivity index (χ3n) is 4.17. The molecule has 2 rings (SSSR count). The van der Waals surface area contributed by atoms with Gasteiger partial charge in [0.25, 0.3) is 0 Å². The third kappa shape index (κ3) is 3.41. The average Bonchev–Trinajstić information content (AvgIpc) is 2.67. The maximum atomic E-state index is 9.39. The smallest absolute Gasteiger partial charge is 0.0579 e. The van der Waals surface area contributed by atoms with Gasteiger partial charge in [0.2, 0.25) is 0 Å². The van der Waals surface area contributed by atoms with Crippen molar-refractivity contribution in [2.75, 3.05) is 60.1 Å². The van der Waals surface area contributed by atoms with E-state index in [2.05, 4.69) is 23.9 Å². The molecule has 17 heavy (non-hydrogen) atoms. The Kier molecular flexibility index (Phi) is 4.42. The molecular weight excluding hydrogens is 216 g/mol. The second-order valence-electron chi connectivity index (χ2n) is 6.09. The number of aliphatic hydroxyl groups is 1. The molecular formula is C13H26N2O2. The minimum absolute atomic E-state index is 0.0290. The predicted octanol–water partition coefficient (Wildman–Crippen LogP) is 0.269. The number of likely N-dealkylation sites (tertiary alicyclic amines) is 1. The molecule has 1 unspecified atom stereocenters. The van der Waals surface area contributed by atoms with Gasteiger partial charge in [0.15, 0.2) is 0 Å². The molecule has 0 aromatic heterocycles. The molecule has 2 saturated heterocycles. The lowest BCUT2D eigenvalue weighted by molar-refractivity contribution is -0.146. The lowest BCUT2D eigenvalue weighted by Crippen LogP contribution is -2.52. The average molecular weight is 242 g/mol. The number of hydrogen-bond acceptors (Lipinski definition) is 4. The van der Waals surface area contributed by atoms with E-state index in [1.54, 1.807) is 0 Å². The Hall–Kier alpha value is -0.160. The van der Waals surface area contributed by atoms with Crippen LogP contribution in [0.15, 0.2) is 0 Å². The molecule has 2 fully saturated rings. The number of aliphatic hydroxyl groups excluding tert-OH is 1. The lowest BCUT2D eigenvalue weighted by atomic mass is 9.86. The summed E-state index contributed by atoms with van der Waals surface area (Å²) in [4.78, 5) is 4.77. The van der Waals surface area contributed by atoms with E-state index in [1.807, 2.05) is 0 Å². The molecule has 0 aliphatic carbocycles. The van der Waals surface area contributed by atoms with Gasteiger partial charge in [-0.05, 0) is 45.9 Å². The first-order valence-corrected chi connectivity index (χ1v) is 6.69. The Morgan fingerprint density at radius 1 is 1.47 bits per heavy atom. The van der Waals surface area contributed by atoms with Crippen molar-refractivity contribution in [2.24, 2.45) is 11.3 Å². The quantitative estimate of drug-likeness (QED) is 0.725. The fourth-order valence-electron chi connectivity index (χ4n) is 2.94. The van der Waals surface area contributed by atoms with Crippen LogP contribution in [0.1, 0.15) is 12.8 Å². The van der Waals surface area contributed by atoms with Crippen LogP contribution in [-0.4, -0.2) is 75.0 Å². The highest BCUT2D eigenvalue weighted by molar-refractivity contribution is 4.87. The van der Waals surface area contributed by atoms with E-state index >= 15 is 0 Å². The highest BCUT2D eigenvalue weighted by atomic mass is 16.5. The largest absolute Gasteiger partial charge is 0.396 e. The van der Waals surface area contributed by atoms with E-state index in [4.69, 9.17) is 4.74 Å². The van der Waals surface area contributed by atoms with Crippen molar-refractivity contribution >= 4 is 0 Å². The zero-order valence-electron chi connectivity index (χ0n) is 11.2. The summed E-state index contributed by atoms with van der Waals surface area (Å²) >= 11 is 0. The molecule has 4 nitrogen and oxygen atoms in total. The van der Waals surface area contributed by atoms with Crippen LogP contribution in [0.2, 0.25) is 0 Å². The zero-order chi connectivity index (χ0) is 12.3. The van der Waals surface area contributed by atoms with Crippen LogP contribution in [0, 0.1) is 11.3 Å². The normalized spacial score (nSPS) is 28.6. The van der Waals surface area contributed by atoms with Gasteiger partial charge in [-0.3, -0.25) is 0 Å². The van der Waals surface area contributed by atoms with Gasteiger partial charge in [-0.15, -0.1) is 0 Å². The van der Waals surface area contributed by atoms with Crippen molar-refractivity contribution in [2.45, 2.75) is 12.8 Å². The van der Waals surface area contributed by atoms with Gasteiger partial charge in [0, 0.05) is 13.1 Å². The lowest BCUT2D eigenvalue weighted by Gasteiger charge is -2.42. The Bertz CT molecular complexity index is 238. The minimum atomic E-state index is 0.0290. The first kappa shape index (κ1) is 13.3. The Balaban J connectivity index is 1.65. The Labute approximate surface area is 105 Å². The molecule has 4 heteroatoms. The van der Waals surface area contributed by atoms with Crippen molar-refractivity contribution in [3.8, 4) is 0 Å². The highest BCUT2D eigenvalue weighted by Gasteiger charge is 2.38. The second kappa shape index (κ2) is 5.65. The number of rotatable bonds is 6. The molecule has 0 aromatic rings. The van der Waals surface area contributed by atoms with E-state index in [-0.39, 0.29) is 12.0 Å². The Morgan fingerprint density at radius 2 is 2.24 bits per heavy atom. The third-order valence-corrected chi connectivity index (χ3v) is 4.17. The summed E-state index contributed by atoms with van der Waals surface area (Å²) in [6.45, 7) is 6.31. The summed E-state index contributed by atoms with van der Waals surface area (Å²) in [6.07, 6.45) is 2.63. The molecule has 0 spiro atoms. The first-order chi connectivity index (χ1) is 8.13. The van der Waals surface area contributed by atoms with Gasteiger partial charge in [-0.25, -0.2) is 0 Å². The van der Waals surface area contributed by atoms with Crippen molar-refractivity contribution < 1.29 is 9.84 Å². The van der Waals surface area contributed by atoms with Crippen molar-refractivity contribution in [3.05, 3.63) is 0 Å². The van der Waals surface area contributed by atoms with Crippen molar-refractivity contribution in [1.29, 1.82) is 0 Å².